The number of halogens is 2. The number of ether oxygens (including phenoxy) is 2. The van der Waals surface area contributed by atoms with Crippen LogP contribution in [0.3, 0.4) is 0 Å². The summed E-state index contributed by atoms with van der Waals surface area (Å²) in [5.74, 6) is -1.13. The Labute approximate surface area is 127 Å². The topological polar surface area (TPSA) is 52.6 Å². The van der Waals surface area contributed by atoms with E-state index < -0.39 is 11.9 Å². The number of carbonyl (C=O) groups is 2. The predicted octanol–water partition coefficient (Wildman–Crippen LogP) is 3.80. The van der Waals surface area contributed by atoms with Crippen LogP contribution in [0.5, 0.6) is 5.75 Å². The van der Waals surface area contributed by atoms with Crippen LogP contribution in [0.2, 0.25) is 10.0 Å². The Morgan fingerprint density at radius 3 is 2.55 bits per heavy atom. The zero-order chi connectivity index (χ0) is 15.0. The molecule has 0 aliphatic heterocycles. The Balaban J connectivity index is 2.48. The molecule has 0 aliphatic carbocycles. The second-order valence-electron chi connectivity index (χ2n) is 3.85. The summed E-state index contributed by atoms with van der Waals surface area (Å²) in [7, 11) is 0. The van der Waals surface area contributed by atoms with Gasteiger partial charge >= 0.3 is 11.9 Å². The maximum Gasteiger partial charge on any atom is 0.336 e. The van der Waals surface area contributed by atoms with Gasteiger partial charge in [-0.1, -0.05) is 36.5 Å². The van der Waals surface area contributed by atoms with E-state index in [0.29, 0.717) is 11.6 Å². The molecule has 0 unspecified atom stereocenters. The molecule has 108 valence electrons. The minimum absolute atomic E-state index is 0.171. The van der Waals surface area contributed by atoms with Gasteiger partial charge in [-0.2, -0.15) is 0 Å². The molecule has 1 aromatic rings. The van der Waals surface area contributed by atoms with Crippen molar-refractivity contribution in [2.75, 3.05) is 6.61 Å². The molecule has 0 radical (unpaired) electrons. The van der Waals surface area contributed by atoms with Gasteiger partial charge in [0, 0.05) is 17.2 Å². The van der Waals surface area contributed by atoms with Gasteiger partial charge in [0.1, 0.15) is 5.75 Å². The largest absolute Gasteiger partial charge is 0.463 e. The minimum Gasteiger partial charge on any atom is -0.463 e. The average Bonchev–Trinajstić information content (AvgIpc) is 2.40. The molecule has 0 N–H and O–H groups in total. The lowest BCUT2D eigenvalue weighted by atomic mass is 10.3. The lowest BCUT2D eigenvalue weighted by Gasteiger charge is -2.03. The summed E-state index contributed by atoms with van der Waals surface area (Å²) in [6.45, 7) is 2.31. The van der Waals surface area contributed by atoms with E-state index in [2.05, 4.69) is 0 Å². The molecule has 0 heterocycles. The first-order valence-corrected chi connectivity index (χ1v) is 6.80. The molecule has 0 fully saturated rings. The lowest BCUT2D eigenvalue weighted by Crippen LogP contribution is -2.07. The Hall–Kier alpha value is -1.52. The summed E-state index contributed by atoms with van der Waals surface area (Å²) in [6.07, 6.45) is 3.71. The van der Waals surface area contributed by atoms with Crippen LogP contribution in [-0.2, 0) is 14.3 Å². The van der Waals surface area contributed by atoms with E-state index in [4.69, 9.17) is 32.7 Å². The van der Waals surface area contributed by atoms with Crippen molar-refractivity contribution in [3.8, 4) is 5.75 Å². The molecule has 20 heavy (non-hydrogen) atoms. The van der Waals surface area contributed by atoms with Crippen LogP contribution in [0.15, 0.2) is 30.4 Å². The molecule has 0 atom stereocenters. The number of rotatable bonds is 6. The van der Waals surface area contributed by atoms with E-state index in [1.54, 1.807) is 6.07 Å². The molecule has 0 amide bonds. The van der Waals surface area contributed by atoms with Gasteiger partial charge in [-0.25, -0.2) is 9.59 Å². The van der Waals surface area contributed by atoms with Crippen LogP contribution >= 0.6 is 23.2 Å². The summed E-state index contributed by atoms with van der Waals surface area (Å²) < 4.78 is 9.80. The van der Waals surface area contributed by atoms with Gasteiger partial charge in [-0.3, -0.25) is 0 Å². The van der Waals surface area contributed by atoms with Crippen molar-refractivity contribution < 1.29 is 19.1 Å². The van der Waals surface area contributed by atoms with E-state index >= 15 is 0 Å². The average molecular weight is 317 g/mol. The second-order valence-corrected chi connectivity index (χ2v) is 4.69. The van der Waals surface area contributed by atoms with Gasteiger partial charge in [0.25, 0.3) is 0 Å². The lowest BCUT2D eigenvalue weighted by molar-refractivity contribution is -0.138. The van der Waals surface area contributed by atoms with Crippen LogP contribution in [0, 0.1) is 0 Å². The summed E-state index contributed by atoms with van der Waals surface area (Å²) in [6, 6.07) is 4.46. The fraction of sp³-hybridized carbons (Fsp3) is 0.286. The Morgan fingerprint density at radius 1 is 1.20 bits per heavy atom. The van der Waals surface area contributed by atoms with Crippen molar-refractivity contribution in [1.29, 1.82) is 0 Å². The maximum absolute atomic E-state index is 11.5. The number of carbonyl (C=O) groups excluding carboxylic acids is 2. The summed E-state index contributed by atoms with van der Waals surface area (Å²) in [4.78, 5) is 22.7. The van der Waals surface area contributed by atoms with Crippen LogP contribution in [0.1, 0.15) is 19.8 Å². The molecular weight excluding hydrogens is 303 g/mol. The summed E-state index contributed by atoms with van der Waals surface area (Å²) in [5.41, 5.74) is 0. The zero-order valence-corrected chi connectivity index (χ0v) is 12.4. The number of benzene rings is 1. The molecule has 4 nitrogen and oxygen atoms in total. The van der Waals surface area contributed by atoms with E-state index in [1.807, 2.05) is 6.92 Å². The standard InChI is InChI=1S/C14H14Cl2O4/c1-2-3-8-19-13(17)6-7-14(18)20-12-5-4-10(15)9-11(12)16/h4-7,9H,2-3,8H2,1H3/b7-6+. The van der Waals surface area contributed by atoms with Gasteiger partial charge in [0.05, 0.1) is 11.6 Å². The molecule has 0 spiro atoms. The first kappa shape index (κ1) is 16.5. The number of hydrogen-bond acceptors (Lipinski definition) is 4. The van der Waals surface area contributed by atoms with Gasteiger partial charge in [-0.15, -0.1) is 0 Å². The van der Waals surface area contributed by atoms with Crippen molar-refractivity contribution in [2.24, 2.45) is 0 Å². The van der Waals surface area contributed by atoms with Crippen molar-refractivity contribution >= 4 is 35.1 Å². The molecule has 1 aromatic carbocycles. The van der Waals surface area contributed by atoms with Crippen LogP contribution in [-0.4, -0.2) is 18.5 Å². The Bertz CT molecular complexity index is 512. The quantitative estimate of drug-likeness (QED) is 0.347. The van der Waals surface area contributed by atoms with E-state index in [-0.39, 0.29) is 10.8 Å². The van der Waals surface area contributed by atoms with Crippen molar-refractivity contribution in [1.82, 2.24) is 0 Å². The molecule has 0 saturated heterocycles. The fourth-order valence-electron chi connectivity index (χ4n) is 1.20. The SMILES string of the molecule is CCCCOC(=O)/C=C/C(=O)Oc1ccc(Cl)cc1Cl. The van der Waals surface area contributed by atoms with Crippen LogP contribution in [0.25, 0.3) is 0 Å². The highest BCUT2D eigenvalue weighted by atomic mass is 35.5. The van der Waals surface area contributed by atoms with Gasteiger partial charge < -0.3 is 9.47 Å². The summed E-state index contributed by atoms with van der Waals surface area (Å²) in [5, 5.41) is 0.648. The summed E-state index contributed by atoms with van der Waals surface area (Å²) >= 11 is 11.6. The van der Waals surface area contributed by atoms with Crippen molar-refractivity contribution in [3.05, 3.63) is 40.4 Å². The Kier molecular flexibility index (Phi) is 7.12. The van der Waals surface area contributed by atoms with Crippen LogP contribution in [0.4, 0.5) is 0 Å². The highest BCUT2D eigenvalue weighted by molar-refractivity contribution is 6.35. The fourth-order valence-corrected chi connectivity index (χ4v) is 1.65. The third kappa shape index (κ3) is 6.08. The molecule has 1 rings (SSSR count). The number of esters is 2. The molecule has 0 aromatic heterocycles. The highest BCUT2D eigenvalue weighted by Gasteiger charge is 2.07. The van der Waals surface area contributed by atoms with E-state index in [9.17, 15) is 9.59 Å². The monoisotopic (exact) mass is 316 g/mol. The van der Waals surface area contributed by atoms with Crippen molar-refractivity contribution in [2.45, 2.75) is 19.8 Å². The molecule has 0 aliphatic rings. The molecular formula is C14H14Cl2O4. The molecule has 0 bridgehead atoms. The van der Waals surface area contributed by atoms with Crippen LogP contribution < -0.4 is 4.74 Å². The second kappa shape index (κ2) is 8.61. The molecule has 0 saturated carbocycles. The zero-order valence-electron chi connectivity index (χ0n) is 10.9. The normalized spacial score (nSPS) is 10.6. The smallest absolute Gasteiger partial charge is 0.336 e. The van der Waals surface area contributed by atoms with Gasteiger partial charge in [0.15, 0.2) is 0 Å². The number of hydrogen-bond donors (Lipinski definition) is 0. The third-order valence-electron chi connectivity index (χ3n) is 2.20. The number of unbranched alkanes of at least 4 members (excludes halogenated alkanes) is 1. The van der Waals surface area contributed by atoms with Crippen molar-refractivity contribution in [3.63, 3.8) is 0 Å². The van der Waals surface area contributed by atoms with Gasteiger partial charge in [-0.05, 0) is 24.6 Å². The third-order valence-corrected chi connectivity index (χ3v) is 2.73. The first-order chi connectivity index (χ1) is 9.52. The first-order valence-electron chi connectivity index (χ1n) is 6.04. The van der Waals surface area contributed by atoms with E-state index in [1.165, 1.54) is 12.1 Å². The molecule has 6 heteroatoms. The predicted molar refractivity (Wildman–Crippen MR) is 77.1 cm³/mol. The minimum atomic E-state index is -0.721. The highest BCUT2D eigenvalue weighted by Crippen LogP contribution is 2.27. The Morgan fingerprint density at radius 2 is 1.90 bits per heavy atom. The van der Waals surface area contributed by atoms with Gasteiger partial charge in [0.2, 0.25) is 0 Å². The maximum atomic E-state index is 11.5. The van der Waals surface area contributed by atoms with E-state index in [0.717, 1.165) is 25.0 Å².